The first-order valence-corrected chi connectivity index (χ1v) is 8.06. The molecule has 0 aliphatic carbocycles. The summed E-state index contributed by atoms with van der Waals surface area (Å²) in [6, 6.07) is 1.55. The molecule has 0 bridgehead atoms. The molecule has 19 heavy (non-hydrogen) atoms. The maximum Gasteiger partial charge on any atom is 0.0558 e. The SMILES string of the molecule is CC[C@H](C)N1CCC(N2CCN(CCO)CC2)CC1. The van der Waals surface area contributed by atoms with Crippen LogP contribution in [0.25, 0.3) is 0 Å². The van der Waals surface area contributed by atoms with Gasteiger partial charge in [0.1, 0.15) is 0 Å². The molecule has 2 fully saturated rings. The molecule has 0 amide bonds. The minimum absolute atomic E-state index is 0.299. The van der Waals surface area contributed by atoms with E-state index in [9.17, 15) is 0 Å². The molecule has 0 saturated carbocycles. The number of rotatable bonds is 5. The molecule has 0 aromatic heterocycles. The Morgan fingerprint density at radius 1 is 1.05 bits per heavy atom. The van der Waals surface area contributed by atoms with E-state index in [1.165, 1.54) is 45.4 Å². The summed E-state index contributed by atoms with van der Waals surface area (Å²) in [6.07, 6.45) is 3.94. The summed E-state index contributed by atoms with van der Waals surface area (Å²) in [5, 5.41) is 8.98. The first-order valence-electron chi connectivity index (χ1n) is 8.06. The minimum Gasteiger partial charge on any atom is -0.395 e. The van der Waals surface area contributed by atoms with Crippen LogP contribution in [0.15, 0.2) is 0 Å². The predicted molar refractivity (Wildman–Crippen MR) is 79.4 cm³/mol. The van der Waals surface area contributed by atoms with Crippen LogP contribution in [0.1, 0.15) is 33.1 Å². The lowest BCUT2D eigenvalue weighted by atomic mass is 10.0. The number of aliphatic hydroxyl groups excluding tert-OH is 1. The maximum atomic E-state index is 8.98. The van der Waals surface area contributed by atoms with Crippen molar-refractivity contribution < 1.29 is 5.11 Å². The van der Waals surface area contributed by atoms with Crippen molar-refractivity contribution in [1.82, 2.24) is 14.7 Å². The molecule has 0 spiro atoms. The third kappa shape index (κ3) is 4.15. The highest BCUT2D eigenvalue weighted by atomic mass is 16.3. The van der Waals surface area contributed by atoms with Gasteiger partial charge >= 0.3 is 0 Å². The van der Waals surface area contributed by atoms with Crippen LogP contribution in [0.3, 0.4) is 0 Å². The second-order valence-corrected chi connectivity index (χ2v) is 6.13. The van der Waals surface area contributed by atoms with Gasteiger partial charge in [-0.3, -0.25) is 9.80 Å². The Balaban J connectivity index is 1.71. The molecule has 0 unspecified atom stereocenters. The molecule has 4 heteroatoms. The number of β-amino-alcohol motifs (C(OH)–C–C–N with tert-alkyl or cyclic N) is 1. The number of hydrogen-bond donors (Lipinski definition) is 1. The van der Waals surface area contributed by atoms with Crippen LogP contribution in [0.5, 0.6) is 0 Å². The summed E-state index contributed by atoms with van der Waals surface area (Å²) in [5.41, 5.74) is 0. The highest BCUT2D eigenvalue weighted by Crippen LogP contribution is 2.20. The average molecular weight is 269 g/mol. The molecular weight excluding hydrogens is 238 g/mol. The Hall–Kier alpha value is -0.160. The van der Waals surface area contributed by atoms with Gasteiger partial charge in [-0.2, -0.15) is 0 Å². The topological polar surface area (TPSA) is 30.0 Å². The Labute approximate surface area is 118 Å². The van der Waals surface area contributed by atoms with E-state index in [1.54, 1.807) is 0 Å². The Morgan fingerprint density at radius 3 is 2.21 bits per heavy atom. The number of nitrogens with zero attached hydrogens (tertiary/aromatic N) is 3. The molecule has 2 rings (SSSR count). The predicted octanol–water partition coefficient (Wildman–Crippen LogP) is 0.859. The van der Waals surface area contributed by atoms with E-state index >= 15 is 0 Å². The number of hydrogen-bond acceptors (Lipinski definition) is 4. The number of piperazine rings is 1. The zero-order chi connectivity index (χ0) is 13.7. The van der Waals surface area contributed by atoms with Crippen molar-refractivity contribution in [2.24, 2.45) is 0 Å². The third-order valence-electron chi connectivity index (χ3n) is 5.05. The van der Waals surface area contributed by atoms with Gasteiger partial charge in [-0.15, -0.1) is 0 Å². The second-order valence-electron chi connectivity index (χ2n) is 6.13. The molecule has 0 aromatic rings. The summed E-state index contributed by atoms with van der Waals surface area (Å²) >= 11 is 0. The van der Waals surface area contributed by atoms with E-state index < -0.39 is 0 Å². The summed E-state index contributed by atoms with van der Waals surface area (Å²) in [6.45, 7) is 13.0. The normalized spacial score (nSPS) is 26.7. The summed E-state index contributed by atoms with van der Waals surface area (Å²) in [5.74, 6) is 0. The van der Waals surface area contributed by atoms with Gasteiger partial charge < -0.3 is 10.0 Å². The average Bonchev–Trinajstić information content (AvgIpc) is 2.48. The van der Waals surface area contributed by atoms with Crippen LogP contribution in [0.2, 0.25) is 0 Å². The van der Waals surface area contributed by atoms with E-state index in [4.69, 9.17) is 5.11 Å². The molecule has 112 valence electrons. The van der Waals surface area contributed by atoms with Gasteiger partial charge in [0.2, 0.25) is 0 Å². The van der Waals surface area contributed by atoms with Crippen molar-refractivity contribution in [3.63, 3.8) is 0 Å². The van der Waals surface area contributed by atoms with Crippen LogP contribution in [0.4, 0.5) is 0 Å². The zero-order valence-corrected chi connectivity index (χ0v) is 12.7. The zero-order valence-electron chi connectivity index (χ0n) is 12.7. The van der Waals surface area contributed by atoms with Gasteiger partial charge in [0.15, 0.2) is 0 Å². The van der Waals surface area contributed by atoms with Crippen molar-refractivity contribution in [2.45, 2.75) is 45.2 Å². The molecule has 2 aliphatic rings. The summed E-state index contributed by atoms with van der Waals surface area (Å²) in [7, 11) is 0. The van der Waals surface area contributed by atoms with E-state index in [0.717, 1.165) is 31.7 Å². The summed E-state index contributed by atoms with van der Waals surface area (Å²) < 4.78 is 0. The standard InChI is InChI=1S/C15H31N3O/c1-3-14(2)17-6-4-15(5-7-17)18-10-8-16(9-11-18)12-13-19/h14-15,19H,3-13H2,1-2H3/t14-/m0/s1. The van der Waals surface area contributed by atoms with Gasteiger partial charge in [0.05, 0.1) is 6.61 Å². The van der Waals surface area contributed by atoms with Crippen LogP contribution in [0, 0.1) is 0 Å². The third-order valence-corrected chi connectivity index (χ3v) is 5.05. The fourth-order valence-corrected chi connectivity index (χ4v) is 3.44. The molecule has 1 atom stereocenters. The molecule has 0 radical (unpaired) electrons. The molecule has 2 aliphatic heterocycles. The van der Waals surface area contributed by atoms with Crippen LogP contribution in [-0.4, -0.2) is 84.3 Å². The highest BCUT2D eigenvalue weighted by Gasteiger charge is 2.28. The van der Waals surface area contributed by atoms with Gasteiger partial charge in [0.25, 0.3) is 0 Å². The highest BCUT2D eigenvalue weighted by molar-refractivity contribution is 4.84. The van der Waals surface area contributed by atoms with E-state index in [1.807, 2.05) is 0 Å². The van der Waals surface area contributed by atoms with Crippen molar-refractivity contribution >= 4 is 0 Å². The summed E-state index contributed by atoms with van der Waals surface area (Å²) in [4.78, 5) is 7.71. The van der Waals surface area contributed by atoms with Crippen LogP contribution in [-0.2, 0) is 0 Å². The lowest BCUT2D eigenvalue weighted by Crippen LogP contribution is -2.54. The molecule has 2 heterocycles. The van der Waals surface area contributed by atoms with Gasteiger partial charge in [0, 0.05) is 44.8 Å². The molecular formula is C15H31N3O. The van der Waals surface area contributed by atoms with Crippen molar-refractivity contribution in [1.29, 1.82) is 0 Å². The monoisotopic (exact) mass is 269 g/mol. The maximum absolute atomic E-state index is 8.98. The van der Waals surface area contributed by atoms with Crippen molar-refractivity contribution in [2.75, 3.05) is 52.4 Å². The minimum atomic E-state index is 0.299. The van der Waals surface area contributed by atoms with Crippen molar-refractivity contribution in [3.05, 3.63) is 0 Å². The quantitative estimate of drug-likeness (QED) is 0.802. The lowest BCUT2D eigenvalue weighted by Gasteiger charge is -2.43. The van der Waals surface area contributed by atoms with Crippen molar-refractivity contribution in [3.8, 4) is 0 Å². The Kier molecular flexibility index (Phi) is 6.07. The van der Waals surface area contributed by atoms with E-state index in [0.29, 0.717) is 6.61 Å². The van der Waals surface area contributed by atoms with Gasteiger partial charge in [-0.25, -0.2) is 0 Å². The number of likely N-dealkylation sites (tertiary alicyclic amines) is 1. The van der Waals surface area contributed by atoms with Crippen LogP contribution >= 0.6 is 0 Å². The second kappa shape index (κ2) is 7.58. The fourth-order valence-electron chi connectivity index (χ4n) is 3.44. The fraction of sp³-hybridized carbons (Fsp3) is 1.00. The Bertz CT molecular complexity index is 246. The molecule has 4 nitrogen and oxygen atoms in total. The Morgan fingerprint density at radius 2 is 1.68 bits per heavy atom. The molecule has 1 N–H and O–H groups in total. The first-order chi connectivity index (χ1) is 9.24. The number of aliphatic hydroxyl groups is 1. The number of piperidine rings is 1. The van der Waals surface area contributed by atoms with E-state index in [2.05, 4.69) is 28.5 Å². The largest absolute Gasteiger partial charge is 0.395 e. The molecule has 0 aromatic carbocycles. The first kappa shape index (κ1) is 15.2. The van der Waals surface area contributed by atoms with E-state index in [-0.39, 0.29) is 0 Å². The smallest absolute Gasteiger partial charge is 0.0558 e. The lowest BCUT2D eigenvalue weighted by molar-refractivity contribution is 0.0446. The van der Waals surface area contributed by atoms with Gasteiger partial charge in [-0.1, -0.05) is 6.92 Å². The van der Waals surface area contributed by atoms with Crippen LogP contribution < -0.4 is 0 Å². The molecule has 2 saturated heterocycles. The van der Waals surface area contributed by atoms with Gasteiger partial charge in [-0.05, 0) is 39.3 Å².